The minimum atomic E-state index is -0.361. The highest BCUT2D eigenvalue weighted by Crippen LogP contribution is 2.21. The second kappa shape index (κ2) is 3.92. The van der Waals surface area contributed by atoms with Gasteiger partial charge in [-0.25, -0.2) is 14.1 Å². The number of hydrogen-bond donors (Lipinski definition) is 1. The molecule has 1 atom stereocenters. The van der Waals surface area contributed by atoms with Crippen LogP contribution in [0.25, 0.3) is 11.4 Å². The fourth-order valence-electron chi connectivity index (χ4n) is 2.05. The largest absolute Gasteiger partial charge is 0.393 e. The van der Waals surface area contributed by atoms with E-state index in [1.54, 1.807) is 22.9 Å². The number of aromatic nitrogens is 3. The number of aryl methyl sites for hydroxylation is 1. The number of hydrogen-bond acceptors (Lipinski definition) is 3. The highest BCUT2D eigenvalue weighted by molar-refractivity contribution is 5.55. The molecule has 2 aromatic rings. The summed E-state index contributed by atoms with van der Waals surface area (Å²) in [5, 5.41) is 13.8. The van der Waals surface area contributed by atoms with Crippen molar-refractivity contribution in [3.63, 3.8) is 0 Å². The lowest BCUT2D eigenvalue weighted by molar-refractivity contribution is 0.138. The maximum absolute atomic E-state index is 13.6. The average Bonchev–Trinajstić information content (AvgIpc) is 2.72. The Morgan fingerprint density at radius 1 is 1.35 bits per heavy atom. The van der Waals surface area contributed by atoms with Crippen LogP contribution in [0.5, 0.6) is 0 Å². The standard InChI is InChI=1S/C12H12FN3O/c13-10-4-2-1-3-9(10)12-14-11-7-8(17)5-6-16(11)15-12/h1-4,8,17H,5-7H2. The van der Waals surface area contributed by atoms with E-state index in [0.29, 0.717) is 30.8 Å². The summed E-state index contributed by atoms with van der Waals surface area (Å²) in [6.45, 7) is 0.637. The normalized spacial score (nSPS) is 19.1. The van der Waals surface area contributed by atoms with Gasteiger partial charge in [0.2, 0.25) is 0 Å². The number of fused-ring (bicyclic) bond motifs is 1. The van der Waals surface area contributed by atoms with Crippen LogP contribution in [0, 0.1) is 5.82 Å². The Morgan fingerprint density at radius 2 is 2.18 bits per heavy atom. The van der Waals surface area contributed by atoms with Gasteiger partial charge in [0, 0.05) is 13.0 Å². The van der Waals surface area contributed by atoms with Crippen LogP contribution in [0.2, 0.25) is 0 Å². The fourth-order valence-corrected chi connectivity index (χ4v) is 2.05. The SMILES string of the molecule is OC1CCn2nc(-c3ccccc3F)nc2C1. The molecule has 1 unspecified atom stereocenters. The highest BCUT2D eigenvalue weighted by Gasteiger charge is 2.21. The number of nitrogens with zero attached hydrogens (tertiary/aromatic N) is 3. The molecular formula is C12H12FN3O. The van der Waals surface area contributed by atoms with E-state index in [2.05, 4.69) is 10.1 Å². The van der Waals surface area contributed by atoms with Gasteiger partial charge in [-0.2, -0.15) is 5.10 Å². The van der Waals surface area contributed by atoms with E-state index in [9.17, 15) is 9.50 Å². The molecule has 0 aliphatic carbocycles. The van der Waals surface area contributed by atoms with Crippen LogP contribution >= 0.6 is 0 Å². The Bertz CT molecular complexity index is 552. The van der Waals surface area contributed by atoms with E-state index in [4.69, 9.17) is 0 Å². The van der Waals surface area contributed by atoms with Crippen LogP contribution in [-0.4, -0.2) is 26.0 Å². The van der Waals surface area contributed by atoms with Crippen molar-refractivity contribution < 1.29 is 9.50 Å². The van der Waals surface area contributed by atoms with E-state index in [1.807, 2.05) is 0 Å². The molecule has 2 heterocycles. The third-order valence-electron chi connectivity index (χ3n) is 2.96. The van der Waals surface area contributed by atoms with Crippen LogP contribution < -0.4 is 0 Å². The van der Waals surface area contributed by atoms with Gasteiger partial charge in [0.15, 0.2) is 5.82 Å². The molecule has 0 saturated carbocycles. The number of rotatable bonds is 1. The predicted octanol–water partition coefficient (Wildman–Crippen LogP) is 1.39. The van der Waals surface area contributed by atoms with Crippen molar-refractivity contribution in [1.29, 1.82) is 0 Å². The first-order valence-corrected chi connectivity index (χ1v) is 5.61. The van der Waals surface area contributed by atoms with Gasteiger partial charge in [-0.15, -0.1) is 0 Å². The molecule has 3 rings (SSSR count). The fraction of sp³-hybridized carbons (Fsp3) is 0.333. The van der Waals surface area contributed by atoms with Gasteiger partial charge in [-0.05, 0) is 18.6 Å². The quantitative estimate of drug-likeness (QED) is 0.809. The second-order valence-electron chi connectivity index (χ2n) is 4.20. The van der Waals surface area contributed by atoms with Crippen molar-refractivity contribution in [3.05, 3.63) is 35.9 Å². The van der Waals surface area contributed by atoms with Crippen molar-refractivity contribution in [3.8, 4) is 11.4 Å². The lowest BCUT2D eigenvalue weighted by Crippen LogP contribution is -2.23. The zero-order valence-electron chi connectivity index (χ0n) is 9.17. The van der Waals surface area contributed by atoms with Crippen LogP contribution in [-0.2, 0) is 13.0 Å². The first-order valence-electron chi connectivity index (χ1n) is 5.61. The van der Waals surface area contributed by atoms with Crippen LogP contribution in [0.1, 0.15) is 12.2 Å². The summed E-state index contributed by atoms with van der Waals surface area (Å²) in [7, 11) is 0. The summed E-state index contributed by atoms with van der Waals surface area (Å²) in [5.74, 6) is 0.796. The molecule has 0 fully saturated rings. The minimum Gasteiger partial charge on any atom is -0.393 e. The number of aliphatic hydroxyl groups is 1. The van der Waals surface area contributed by atoms with Crippen LogP contribution in [0.3, 0.4) is 0 Å². The van der Waals surface area contributed by atoms with Gasteiger partial charge in [0.25, 0.3) is 0 Å². The van der Waals surface area contributed by atoms with Crippen molar-refractivity contribution >= 4 is 0 Å². The van der Waals surface area contributed by atoms with Gasteiger partial charge >= 0.3 is 0 Å². The maximum Gasteiger partial charge on any atom is 0.184 e. The molecule has 1 aromatic heterocycles. The van der Waals surface area contributed by atoms with E-state index in [-0.39, 0.29) is 11.9 Å². The second-order valence-corrected chi connectivity index (χ2v) is 4.20. The summed E-state index contributed by atoms with van der Waals surface area (Å²) in [5.41, 5.74) is 0.406. The Labute approximate surface area is 97.7 Å². The van der Waals surface area contributed by atoms with Gasteiger partial charge in [-0.1, -0.05) is 12.1 Å². The van der Waals surface area contributed by atoms with Gasteiger partial charge in [0.1, 0.15) is 11.6 Å². The smallest absolute Gasteiger partial charge is 0.184 e. The molecule has 88 valence electrons. The van der Waals surface area contributed by atoms with Gasteiger partial charge in [-0.3, -0.25) is 0 Å². The summed E-state index contributed by atoms with van der Waals surface area (Å²) >= 11 is 0. The van der Waals surface area contributed by atoms with E-state index < -0.39 is 0 Å². The number of aliphatic hydroxyl groups excluding tert-OH is 1. The van der Waals surface area contributed by atoms with E-state index >= 15 is 0 Å². The molecule has 0 radical (unpaired) electrons. The molecule has 1 aromatic carbocycles. The van der Waals surface area contributed by atoms with Crippen LogP contribution in [0.15, 0.2) is 24.3 Å². The first kappa shape index (κ1) is 10.4. The van der Waals surface area contributed by atoms with Crippen molar-refractivity contribution in [2.24, 2.45) is 0 Å². The molecule has 5 heteroatoms. The Morgan fingerprint density at radius 3 is 3.00 bits per heavy atom. The Balaban J connectivity index is 2.03. The lowest BCUT2D eigenvalue weighted by atomic mass is 10.1. The molecule has 0 spiro atoms. The summed E-state index contributed by atoms with van der Waals surface area (Å²) < 4.78 is 15.3. The predicted molar refractivity (Wildman–Crippen MR) is 59.7 cm³/mol. The van der Waals surface area contributed by atoms with Crippen molar-refractivity contribution in [2.45, 2.75) is 25.5 Å². The molecule has 4 nitrogen and oxygen atoms in total. The third-order valence-corrected chi connectivity index (χ3v) is 2.96. The summed E-state index contributed by atoms with van der Waals surface area (Å²) in [4.78, 5) is 4.28. The average molecular weight is 233 g/mol. The molecule has 1 N–H and O–H groups in total. The van der Waals surface area contributed by atoms with Crippen LogP contribution in [0.4, 0.5) is 4.39 Å². The van der Waals surface area contributed by atoms with Gasteiger partial charge in [0.05, 0.1) is 11.7 Å². The zero-order valence-corrected chi connectivity index (χ0v) is 9.17. The third kappa shape index (κ3) is 1.82. The van der Waals surface area contributed by atoms with E-state index in [1.165, 1.54) is 6.07 Å². The molecule has 0 amide bonds. The molecule has 1 aliphatic heterocycles. The lowest BCUT2D eigenvalue weighted by Gasteiger charge is -2.16. The van der Waals surface area contributed by atoms with Crippen molar-refractivity contribution in [2.75, 3.05) is 0 Å². The minimum absolute atomic E-state index is 0.323. The first-order chi connectivity index (χ1) is 8.24. The van der Waals surface area contributed by atoms with E-state index in [0.717, 1.165) is 5.82 Å². The Hall–Kier alpha value is -1.75. The topological polar surface area (TPSA) is 50.9 Å². The molecule has 0 saturated heterocycles. The summed E-state index contributed by atoms with van der Waals surface area (Å²) in [6, 6.07) is 6.45. The summed E-state index contributed by atoms with van der Waals surface area (Å²) in [6.07, 6.45) is 0.800. The highest BCUT2D eigenvalue weighted by atomic mass is 19.1. The molecule has 1 aliphatic rings. The maximum atomic E-state index is 13.6. The number of benzene rings is 1. The zero-order chi connectivity index (χ0) is 11.8. The molecular weight excluding hydrogens is 221 g/mol. The molecule has 17 heavy (non-hydrogen) atoms. The monoisotopic (exact) mass is 233 g/mol. The van der Waals surface area contributed by atoms with Gasteiger partial charge < -0.3 is 5.11 Å². The Kier molecular flexibility index (Phi) is 2.40. The molecule has 0 bridgehead atoms. The van der Waals surface area contributed by atoms with Crippen molar-refractivity contribution in [1.82, 2.24) is 14.8 Å². The number of halogens is 1.